The van der Waals surface area contributed by atoms with Gasteiger partial charge in [0.2, 0.25) is 0 Å². The Balaban J connectivity index is 1.71. The van der Waals surface area contributed by atoms with Gasteiger partial charge >= 0.3 is 6.18 Å². The van der Waals surface area contributed by atoms with Crippen molar-refractivity contribution in [2.24, 2.45) is 16.9 Å². The highest BCUT2D eigenvalue weighted by atomic mass is 35.5. The minimum Gasteiger partial charge on any atom is -0.374 e. The number of hydrogen-bond acceptors (Lipinski definition) is 4. The molecule has 1 aromatic carbocycles. The van der Waals surface area contributed by atoms with E-state index in [-0.39, 0.29) is 16.3 Å². The van der Waals surface area contributed by atoms with Crippen LogP contribution >= 0.6 is 23.2 Å². The number of nitrogen functional groups attached to an aromatic ring is 1. The van der Waals surface area contributed by atoms with Crippen molar-refractivity contribution in [2.45, 2.75) is 18.2 Å². The molecule has 9 heteroatoms. The van der Waals surface area contributed by atoms with E-state index in [9.17, 15) is 13.2 Å². The van der Waals surface area contributed by atoms with Crippen LogP contribution in [0.5, 0.6) is 0 Å². The number of oxime groups is 1. The van der Waals surface area contributed by atoms with Crippen molar-refractivity contribution < 1.29 is 18.0 Å². The summed E-state index contributed by atoms with van der Waals surface area (Å²) in [6.07, 6.45) is -2.15. The van der Waals surface area contributed by atoms with Crippen LogP contribution in [0.15, 0.2) is 62.8 Å². The second kappa shape index (κ2) is 5.77. The van der Waals surface area contributed by atoms with E-state index in [1.807, 2.05) is 0 Å². The molecule has 4 rings (SSSR count). The highest BCUT2D eigenvalue weighted by Gasteiger charge is 2.69. The molecule has 136 valence electrons. The largest absolute Gasteiger partial charge is 0.435 e. The average Bonchev–Trinajstić information content (AvgIpc) is 3.13. The van der Waals surface area contributed by atoms with Crippen molar-refractivity contribution in [3.63, 3.8) is 0 Å². The summed E-state index contributed by atoms with van der Waals surface area (Å²) in [7, 11) is 0. The molecular formula is C17H12Cl2F3N3O. The van der Waals surface area contributed by atoms with Crippen LogP contribution in [0.4, 0.5) is 18.9 Å². The van der Waals surface area contributed by atoms with E-state index < -0.39 is 24.1 Å². The van der Waals surface area contributed by atoms with E-state index in [0.29, 0.717) is 21.9 Å². The standard InChI is InChI=1S/C17H12Cl2F3N3O/c18-9-5-11-14(12(19)6-9)15(11)16(17(20,21)22)7-13(25-26-16)8-2-1-3-10(4-8)24-23/h1-6,11,24H,7,23H2/t11-,16?/m0/s1. The van der Waals surface area contributed by atoms with Gasteiger partial charge in [0.1, 0.15) is 0 Å². The second-order valence-corrected chi connectivity index (χ2v) is 7.05. The van der Waals surface area contributed by atoms with E-state index in [1.54, 1.807) is 24.3 Å². The maximum Gasteiger partial charge on any atom is 0.435 e. The number of nitrogens with two attached hydrogens (primary N) is 1. The van der Waals surface area contributed by atoms with Crippen LogP contribution in [0, 0.1) is 5.92 Å². The summed E-state index contributed by atoms with van der Waals surface area (Å²) < 4.78 is 42.1. The summed E-state index contributed by atoms with van der Waals surface area (Å²) >= 11 is 12.0. The Bertz CT molecular complexity index is 920. The monoisotopic (exact) mass is 401 g/mol. The minimum atomic E-state index is -4.67. The maximum absolute atomic E-state index is 14.0. The van der Waals surface area contributed by atoms with E-state index in [1.165, 1.54) is 12.2 Å². The fraction of sp³-hybridized carbons (Fsp3) is 0.235. The number of allylic oxidation sites excluding steroid dienone is 5. The third kappa shape index (κ3) is 2.53. The first-order chi connectivity index (χ1) is 12.3. The van der Waals surface area contributed by atoms with Crippen molar-refractivity contribution in [3.05, 3.63) is 63.2 Å². The van der Waals surface area contributed by atoms with Gasteiger partial charge < -0.3 is 10.3 Å². The number of hydrogen-bond donors (Lipinski definition) is 2. The van der Waals surface area contributed by atoms with Gasteiger partial charge in [-0.2, -0.15) is 13.2 Å². The summed E-state index contributed by atoms with van der Waals surface area (Å²) in [5.41, 5.74) is 1.62. The van der Waals surface area contributed by atoms with Crippen LogP contribution in [0.3, 0.4) is 0 Å². The van der Waals surface area contributed by atoms with Crippen LogP contribution < -0.4 is 11.3 Å². The molecule has 2 atom stereocenters. The first-order valence-corrected chi connectivity index (χ1v) is 8.41. The number of nitrogens with zero attached hydrogens (tertiary/aromatic N) is 1. The van der Waals surface area contributed by atoms with Gasteiger partial charge in [0.05, 0.1) is 5.71 Å². The lowest BCUT2D eigenvalue weighted by Crippen LogP contribution is -2.45. The molecule has 0 amide bonds. The van der Waals surface area contributed by atoms with Gasteiger partial charge in [0.15, 0.2) is 0 Å². The number of fused-ring (bicyclic) bond motifs is 1. The molecule has 0 bridgehead atoms. The SMILES string of the molecule is NNc1cccc(C2=NOC(C3=C4C(Cl)=CC(Cl)=C[C@@H]43)(C(F)(F)F)C2)c1. The van der Waals surface area contributed by atoms with Gasteiger partial charge in [-0.15, -0.1) is 0 Å². The van der Waals surface area contributed by atoms with Crippen LogP contribution in [-0.2, 0) is 4.84 Å². The van der Waals surface area contributed by atoms with E-state index in [0.717, 1.165) is 0 Å². The van der Waals surface area contributed by atoms with Crippen LogP contribution in [0.25, 0.3) is 0 Å². The van der Waals surface area contributed by atoms with Gasteiger partial charge in [-0.3, -0.25) is 5.84 Å². The number of hydrazine groups is 1. The molecule has 0 fully saturated rings. The molecule has 0 radical (unpaired) electrons. The number of benzene rings is 1. The van der Waals surface area contributed by atoms with Crippen LogP contribution in [0.2, 0.25) is 0 Å². The lowest BCUT2D eigenvalue weighted by molar-refractivity contribution is -0.252. The fourth-order valence-corrected chi connectivity index (χ4v) is 4.01. The third-order valence-electron chi connectivity index (χ3n) is 4.66. The Morgan fingerprint density at radius 2 is 2.08 bits per heavy atom. The molecule has 4 nitrogen and oxygen atoms in total. The Morgan fingerprint density at radius 3 is 2.77 bits per heavy atom. The lowest BCUT2D eigenvalue weighted by Gasteiger charge is -2.27. The summed E-state index contributed by atoms with van der Waals surface area (Å²) in [5, 5.41) is 4.25. The van der Waals surface area contributed by atoms with Crippen molar-refractivity contribution in [3.8, 4) is 0 Å². The van der Waals surface area contributed by atoms with E-state index in [2.05, 4.69) is 10.6 Å². The fourth-order valence-electron chi connectivity index (χ4n) is 3.38. The predicted octanol–water partition coefficient (Wildman–Crippen LogP) is 4.58. The Kier molecular flexibility index (Phi) is 3.87. The van der Waals surface area contributed by atoms with Gasteiger partial charge in [0, 0.05) is 39.2 Å². The molecule has 1 heterocycles. The van der Waals surface area contributed by atoms with Gasteiger partial charge in [-0.05, 0) is 23.8 Å². The van der Waals surface area contributed by atoms with E-state index in [4.69, 9.17) is 33.9 Å². The molecular weight excluding hydrogens is 390 g/mol. The number of anilines is 1. The molecule has 0 saturated heterocycles. The zero-order valence-corrected chi connectivity index (χ0v) is 14.6. The highest BCUT2D eigenvalue weighted by Crippen LogP contribution is 2.62. The molecule has 1 unspecified atom stereocenters. The molecule has 0 aromatic heterocycles. The predicted molar refractivity (Wildman–Crippen MR) is 93.7 cm³/mol. The average molecular weight is 402 g/mol. The molecule has 0 spiro atoms. The molecule has 3 aliphatic rings. The number of halogens is 5. The molecule has 2 aliphatic carbocycles. The summed E-state index contributed by atoms with van der Waals surface area (Å²) in [4.78, 5) is 5.04. The molecule has 0 saturated carbocycles. The van der Waals surface area contributed by atoms with Gasteiger partial charge in [-0.25, -0.2) is 0 Å². The van der Waals surface area contributed by atoms with Gasteiger partial charge in [-0.1, -0.05) is 46.6 Å². The molecule has 1 aliphatic heterocycles. The zero-order chi connectivity index (χ0) is 18.7. The first-order valence-electron chi connectivity index (χ1n) is 7.65. The Hall–Kier alpha value is -1.96. The van der Waals surface area contributed by atoms with Crippen LogP contribution in [0.1, 0.15) is 12.0 Å². The Morgan fingerprint density at radius 1 is 1.31 bits per heavy atom. The van der Waals surface area contributed by atoms with Crippen molar-refractivity contribution in [1.82, 2.24) is 0 Å². The normalized spacial score (nSPS) is 27.3. The van der Waals surface area contributed by atoms with Crippen LogP contribution in [-0.4, -0.2) is 17.5 Å². The first kappa shape index (κ1) is 17.5. The molecule has 1 aromatic rings. The summed E-state index contributed by atoms with van der Waals surface area (Å²) in [5.74, 6) is 4.78. The zero-order valence-electron chi connectivity index (χ0n) is 13.1. The third-order valence-corrected chi connectivity index (χ3v) is 5.21. The highest BCUT2D eigenvalue weighted by molar-refractivity contribution is 6.37. The van der Waals surface area contributed by atoms with Crippen molar-refractivity contribution in [2.75, 3.05) is 5.43 Å². The molecule has 26 heavy (non-hydrogen) atoms. The van der Waals surface area contributed by atoms with Gasteiger partial charge in [0.25, 0.3) is 5.60 Å². The summed E-state index contributed by atoms with van der Waals surface area (Å²) in [6.45, 7) is 0. The lowest BCUT2D eigenvalue weighted by atomic mass is 9.89. The topological polar surface area (TPSA) is 59.6 Å². The second-order valence-electron chi connectivity index (χ2n) is 6.20. The number of rotatable bonds is 3. The molecule has 3 N–H and O–H groups in total. The summed E-state index contributed by atoms with van der Waals surface area (Å²) in [6, 6.07) is 6.61. The minimum absolute atomic E-state index is 0.0637. The smallest absolute Gasteiger partial charge is 0.374 e. The Labute approximate surface area is 156 Å². The maximum atomic E-state index is 14.0. The number of nitrogens with one attached hydrogen (secondary N) is 1. The number of alkyl halides is 3. The van der Waals surface area contributed by atoms with Crippen molar-refractivity contribution >= 4 is 34.6 Å². The quantitative estimate of drug-likeness (QED) is 0.575. The van der Waals surface area contributed by atoms with Crippen molar-refractivity contribution in [1.29, 1.82) is 0 Å². The van der Waals surface area contributed by atoms with E-state index >= 15 is 0 Å².